The summed E-state index contributed by atoms with van der Waals surface area (Å²) < 4.78 is 0. The molecule has 1 N–H and O–H groups in total. The second-order valence-corrected chi connectivity index (χ2v) is 4.81. The molecule has 1 heterocycles. The molecule has 3 rings (SSSR count). The van der Waals surface area contributed by atoms with Crippen molar-refractivity contribution in [2.75, 3.05) is 0 Å². The van der Waals surface area contributed by atoms with Gasteiger partial charge in [0.05, 0.1) is 0 Å². The first kappa shape index (κ1) is 10.9. The molecule has 0 radical (unpaired) electrons. The van der Waals surface area contributed by atoms with Crippen LogP contribution < -0.4 is 0 Å². The van der Waals surface area contributed by atoms with E-state index in [0.29, 0.717) is 0 Å². The van der Waals surface area contributed by atoms with E-state index in [1.807, 2.05) is 36.4 Å². The van der Waals surface area contributed by atoms with E-state index in [0.717, 1.165) is 21.1 Å². The zero-order valence-corrected chi connectivity index (χ0v) is 10.3. The van der Waals surface area contributed by atoms with Crippen LogP contribution >= 0.6 is 11.3 Å². The van der Waals surface area contributed by atoms with Crippen LogP contribution in [0.15, 0.2) is 54.6 Å². The van der Waals surface area contributed by atoms with Crippen molar-refractivity contribution < 1.29 is 5.11 Å². The van der Waals surface area contributed by atoms with Crippen molar-refractivity contribution >= 4 is 11.3 Å². The van der Waals surface area contributed by atoms with Crippen molar-refractivity contribution in [3.8, 4) is 26.9 Å². The minimum atomic E-state index is 0.240. The summed E-state index contributed by atoms with van der Waals surface area (Å²) in [5.74, 6) is 0.240. The Kier molecular flexibility index (Phi) is 2.78. The number of hydrogen-bond donors (Lipinski definition) is 1. The van der Waals surface area contributed by atoms with Crippen molar-refractivity contribution in [3.63, 3.8) is 0 Å². The molecule has 0 atom stereocenters. The monoisotopic (exact) mass is 254 g/mol. The fourth-order valence-electron chi connectivity index (χ4n) is 1.68. The van der Waals surface area contributed by atoms with Crippen LogP contribution in [0.3, 0.4) is 0 Å². The minimum absolute atomic E-state index is 0.240. The van der Waals surface area contributed by atoms with Crippen molar-refractivity contribution in [2.45, 2.75) is 0 Å². The Balaban J connectivity index is 2.00. The topological polar surface area (TPSA) is 46.0 Å². The Bertz CT molecular complexity index is 664. The maximum absolute atomic E-state index is 9.45. The zero-order valence-electron chi connectivity index (χ0n) is 9.45. The number of hydrogen-bond acceptors (Lipinski definition) is 4. The molecule has 88 valence electrons. The summed E-state index contributed by atoms with van der Waals surface area (Å²) in [6.45, 7) is 0. The van der Waals surface area contributed by atoms with Gasteiger partial charge >= 0.3 is 0 Å². The van der Waals surface area contributed by atoms with Crippen molar-refractivity contribution in [3.05, 3.63) is 54.6 Å². The zero-order chi connectivity index (χ0) is 12.4. The van der Waals surface area contributed by atoms with E-state index in [1.165, 1.54) is 11.3 Å². The molecule has 0 saturated carbocycles. The highest BCUT2D eigenvalue weighted by Crippen LogP contribution is 2.30. The molecule has 0 spiro atoms. The number of rotatable bonds is 2. The second kappa shape index (κ2) is 4.58. The van der Waals surface area contributed by atoms with E-state index >= 15 is 0 Å². The van der Waals surface area contributed by atoms with Gasteiger partial charge in [-0.25, -0.2) is 0 Å². The number of nitrogens with zero attached hydrogens (tertiary/aromatic N) is 2. The van der Waals surface area contributed by atoms with Crippen LogP contribution in [0.5, 0.6) is 5.75 Å². The first-order chi connectivity index (χ1) is 8.83. The van der Waals surface area contributed by atoms with Gasteiger partial charge in [-0.2, -0.15) is 0 Å². The summed E-state index contributed by atoms with van der Waals surface area (Å²) in [5.41, 5.74) is 1.94. The average molecular weight is 254 g/mol. The highest BCUT2D eigenvalue weighted by Gasteiger charge is 2.08. The first-order valence-corrected chi connectivity index (χ1v) is 6.33. The summed E-state index contributed by atoms with van der Waals surface area (Å²) >= 11 is 1.51. The molecule has 0 unspecified atom stereocenters. The SMILES string of the molecule is Oc1cccc(-c2nnc(-c3ccccc3)s2)c1. The molecule has 2 aromatic carbocycles. The normalized spacial score (nSPS) is 10.4. The lowest BCUT2D eigenvalue weighted by molar-refractivity contribution is 0.475. The van der Waals surface area contributed by atoms with Gasteiger partial charge in [0.1, 0.15) is 15.8 Å². The Labute approximate surface area is 108 Å². The maximum Gasteiger partial charge on any atom is 0.148 e. The number of aromatic hydroxyl groups is 1. The number of benzene rings is 2. The highest BCUT2D eigenvalue weighted by molar-refractivity contribution is 7.17. The molecule has 0 saturated heterocycles. The van der Waals surface area contributed by atoms with Gasteiger partial charge < -0.3 is 5.11 Å². The second-order valence-electron chi connectivity index (χ2n) is 3.83. The predicted molar refractivity (Wildman–Crippen MR) is 72.4 cm³/mol. The largest absolute Gasteiger partial charge is 0.508 e. The lowest BCUT2D eigenvalue weighted by Crippen LogP contribution is -1.76. The van der Waals surface area contributed by atoms with Gasteiger partial charge in [-0.3, -0.25) is 0 Å². The lowest BCUT2D eigenvalue weighted by atomic mass is 10.2. The summed E-state index contributed by atoms with van der Waals surface area (Å²) in [5, 5.41) is 19.5. The van der Waals surface area contributed by atoms with E-state index in [-0.39, 0.29) is 5.75 Å². The van der Waals surface area contributed by atoms with E-state index in [1.54, 1.807) is 18.2 Å². The molecular formula is C14H10N2OS. The van der Waals surface area contributed by atoms with Crippen LogP contribution in [-0.2, 0) is 0 Å². The predicted octanol–water partition coefficient (Wildman–Crippen LogP) is 3.58. The summed E-state index contributed by atoms with van der Waals surface area (Å²) in [6.07, 6.45) is 0. The van der Waals surface area contributed by atoms with Gasteiger partial charge in [-0.1, -0.05) is 53.8 Å². The third-order valence-corrected chi connectivity index (χ3v) is 3.56. The van der Waals surface area contributed by atoms with Gasteiger partial charge in [0, 0.05) is 11.1 Å². The van der Waals surface area contributed by atoms with Crippen molar-refractivity contribution in [1.29, 1.82) is 0 Å². The summed E-state index contributed by atoms with van der Waals surface area (Å²) in [6, 6.07) is 17.0. The van der Waals surface area contributed by atoms with Crippen LogP contribution in [0, 0.1) is 0 Å². The Morgan fingerprint density at radius 1 is 0.778 bits per heavy atom. The van der Waals surface area contributed by atoms with Crippen LogP contribution in [0.4, 0.5) is 0 Å². The van der Waals surface area contributed by atoms with Crippen molar-refractivity contribution in [1.82, 2.24) is 10.2 Å². The fourth-order valence-corrected chi connectivity index (χ4v) is 2.52. The average Bonchev–Trinajstić information content (AvgIpc) is 2.89. The molecule has 0 aliphatic heterocycles. The third-order valence-electron chi connectivity index (χ3n) is 2.54. The van der Waals surface area contributed by atoms with Gasteiger partial charge in [0.25, 0.3) is 0 Å². The van der Waals surface area contributed by atoms with E-state index < -0.39 is 0 Å². The summed E-state index contributed by atoms with van der Waals surface area (Å²) in [4.78, 5) is 0. The van der Waals surface area contributed by atoms with Gasteiger partial charge in [-0.15, -0.1) is 10.2 Å². The Hall–Kier alpha value is -2.20. The molecule has 0 aliphatic rings. The quantitative estimate of drug-likeness (QED) is 0.760. The molecule has 3 nitrogen and oxygen atoms in total. The van der Waals surface area contributed by atoms with Crippen LogP contribution in [0.25, 0.3) is 21.1 Å². The number of aromatic nitrogens is 2. The lowest BCUT2D eigenvalue weighted by Gasteiger charge is -1.95. The molecular weight excluding hydrogens is 244 g/mol. The molecule has 0 aliphatic carbocycles. The van der Waals surface area contributed by atoms with Crippen LogP contribution in [-0.4, -0.2) is 15.3 Å². The van der Waals surface area contributed by atoms with Crippen LogP contribution in [0.1, 0.15) is 0 Å². The summed E-state index contributed by atoms with van der Waals surface area (Å²) in [7, 11) is 0. The standard InChI is InChI=1S/C14H10N2OS/c17-12-8-4-7-11(9-12)14-16-15-13(18-14)10-5-2-1-3-6-10/h1-9,17H. The molecule has 1 aromatic heterocycles. The smallest absolute Gasteiger partial charge is 0.148 e. The van der Waals surface area contributed by atoms with Crippen LogP contribution in [0.2, 0.25) is 0 Å². The minimum Gasteiger partial charge on any atom is -0.508 e. The Morgan fingerprint density at radius 2 is 1.44 bits per heavy atom. The van der Waals surface area contributed by atoms with Gasteiger partial charge in [0.15, 0.2) is 0 Å². The van der Waals surface area contributed by atoms with Crippen molar-refractivity contribution in [2.24, 2.45) is 0 Å². The molecule has 0 fully saturated rings. The number of phenolic OH excluding ortho intramolecular Hbond substituents is 1. The fraction of sp³-hybridized carbons (Fsp3) is 0. The van der Waals surface area contributed by atoms with E-state index in [4.69, 9.17) is 0 Å². The van der Waals surface area contributed by atoms with E-state index in [2.05, 4.69) is 10.2 Å². The van der Waals surface area contributed by atoms with Gasteiger partial charge in [0.2, 0.25) is 0 Å². The molecule has 0 bridgehead atoms. The highest BCUT2D eigenvalue weighted by atomic mass is 32.1. The number of phenols is 1. The molecule has 0 amide bonds. The maximum atomic E-state index is 9.45. The van der Waals surface area contributed by atoms with E-state index in [9.17, 15) is 5.11 Å². The first-order valence-electron chi connectivity index (χ1n) is 5.51. The van der Waals surface area contributed by atoms with Gasteiger partial charge in [-0.05, 0) is 12.1 Å². The molecule has 4 heteroatoms. The molecule has 18 heavy (non-hydrogen) atoms. The molecule has 3 aromatic rings. The third kappa shape index (κ3) is 2.10. The Morgan fingerprint density at radius 3 is 2.17 bits per heavy atom.